The van der Waals surface area contributed by atoms with Gasteiger partial charge in [0.2, 0.25) is 0 Å². The summed E-state index contributed by atoms with van der Waals surface area (Å²) in [7, 11) is 0. The molecule has 1 saturated heterocycles. The molecule has 0 spiro atoms. The van der Waals surface area contributed by atoms with Crippen molar-refractivity contribution >= 4 is 21.8 Å². The predicted molar refractivity (Wildman–Crippen MR) is 76.1 cm³/mol. The number of halogens is 1. The Morgan fingerprint density at radius 2 is 2.26 bits per heavy atom. The van der Waals surface area contributed by atoms with Crippen LogP contribution in [0.2, 0.25) is 0 Å². The Morgan fingerprint density at radius 3 is 2.89 bits per heavy atom. The van der Waals surface area contributed by atoms with Crippen LogP contribution < -0.4 is 0 Å². The highest BCUT2D eigenvalue weighted by molar-refractivity contribution is 9.10. The van der Waals surface area contributed by atoms with E-state index in [1.807, 2.05) is 0 Å². The van der Waals surface area contributed by atoms with Crippen LogP contribution in [-0.2, 0) is 0 Å². The number of benzene rings is 1. The van der Waals surface area contributed by atoms with Crippen molar-refractivity contribution in [3.8, 4) is 5.75 Å². The van der Waals surface area contributed by atoms with Crippen LogP contribution in [-0.4, -0.2) is 40.2 Å². The van der Waals surface area contributed by atoms with E-state index in [9.17, 15) is 15.0 Å². The Kier molecular flexibility index (Phi) is 4.47. The summed E-state index contributed by atoms with van der Waals surface area (Å²) in [5, 5.41) is 19.3. The van der Waals surface area contributed by atoms with Crippen molar-refractivity contribution < 1.29 is 15.0 Å². The molecule has 104 valence electrons. The Balaban J connectivity index is 2.12. The molecule has 1 amide bonds. The van der Waals surface area contributed by atoms with Crippen molar-refractivity contribution in [2.24, 2.45) is 5.92 Å². The van der Waals surface area contributed by atoms with Crippen molar-refractivity contribution in [3.63, 3.8) is 0 Å². The number of hydrogen-bond acceptors (Lipinski definition) is 3. The summed E-state index contributed by atoms with van der Waals surface area (Å²) in [5.41, 5.74) is 0.479. The lowest BCUT2D eigenvalue weighted by molar-refractivity contribution is 0.0465. The third-order valence-corrected chi connectivity index (χ3v) is 4.29. The van der Waals surface area contributed by atoms with Gasteiger partial charge in [0.1, 0.15) is 5.75 Å². The number of amides is 1. The molecule has 1 aliphatic heterocycles. The van der Waals surface area contributed by atoms with Crippen molar-refractivity contribution in [2.75, 3.05) is 13.1 Å². The quantitative estimate of drug-likeness (QED) is 0.876. The van der Waals surface area contributed by atoms with Gasteiger partial charge in [-0.3, -0.25) is 4.79 Å². The molecule has 0 unspecified atom stereocenters. The van der Waals surface area contributed by atoms with Gasteiger partial charge in [0.25, 0.3) is 5.91 Å². The number of rotatable bonds is 2. The predicted octanol–water partition coefficient (Wildman–Crippen LogP) is 2.39. The zero-order valence-corrected chi connectivity index (χ0v) is 12.4. The Hall–Kier alpha value is -1.07. The molecule has 0 aromatic heterocycles. The summed E-state index contributed by atoms with van der Waals surface area (Å²) >= 11 is 3.20. The van der Waals surface area contributed by atoms with E-state index in [-0.39, 0.29) is 17.6 Å². The summed E-state index contributed by atoms with van der Waals surface area (Å²) in [5.74, 6) is 0.116. The van der Waals surface area contributed by atoms with E-state index < -0.39 is 6.10 Å². The monoisotopic (exact) mass is 327 g/mol. The largest absolute Gasteiger partial charge is 0.507 e. The average molecular weight is 328 g/mol. The molecule has 2 N–H and O–H groups in total. The fourth-order valence-corrected chi connectivity index (χ4v) is 2.66. The first kappa shape index (κ1) is 14.3. The van der Waals surface area contributed by atoms with Gasteiger partial charge in [0.05, 0.1) is 10.6 Å². The topological polar surface area (TPSA) is 60.8 Å². The fraction of sp³-hybridized carbons (Fsp3) is 0.500. The normalized spacial score (nSPS) is 21.2. The molecule has 1 heterocycles. The van der Waals surface area contributed by atoms with Crippen LogP contribution in [0.3, 0.4) is 0 Å². The second-order valence-electron chi connectivity index (χ2n) is 5.06. The van der Waals surface area contributed by atoms with Crippen LogP contribution in [0.25, 0.3) is 0 Å². The molecule has 2 rings (SSSR count). The molecular formula is C14H18BrNO3. The van der Waals surface area contributed by atoms with Crippen LogP contribution >= 0.6 is 15.9 Å². The van der Waals surface area contributed by atoms with E-state index in [0.29, 0.717) is 23.1 Å². The second kappa shape index (κ2) is 5.92. The number of piperidine rings is 1. The molecule has 4 nitrogen and oxygen atoms in total. The zero-order valence-electron chi connectivity index (χ0n) is 10.8. The number of phenols is 1. The number of carbonyl (C=O) groups is 1. The zero-order chi connectivity index (χ0) is 14.0. The van der Waals surface area contributed by atoms with Gasteiger partial charge < -0.3 is 15.1 Å². The Labute approximate surface area is 121 Å². The standard InChI is InChI=1S/C14H18BrNO3/c1-9(17)11-3-2-6-16(8-11)14(19)10-4-5-12(15)13(18)7-10/h4-5,7,9,11,17-18H,2-3,6,8H2,1H3/t9-,11-/m0/s1. The van der Waals surface area contributed by atoms with Crippen molar-refractivity contribution in [3.05, 3.63) is 28.2 Å². The molecule has 2 atom stereocenters. The summed E-state index contributed by atoms with van der Waals surface area (Å²) in [6.07, 6.45) is 1.46. The van der Waals surface area contributed by atoms with Crippen molar-refractivity contribution in [2.45, 2.75) is 25.9 Å². The maximum absolute atomic E-state index is 12.3. The van der Waals surface area contributed by atoms with E-state index >= 15 is 0 Å². The SMILES string of the molecule is C[C@H](O)[C@H]1CCCN(C(=O)c2ccc(Br)c(O)c2)C1. The molecule has 0 radical (unpaired) electrons. The molecule has 0 bridgehead atoms. The first-order chi connectivity index (χ1) is 8.99. The number of nitrogens with zero attached hydrogens (tertiary/aromatic N) is 1. The van der Waals surface area contributed by atoms with E-state index in [4.69, 9.17) is 0 Å². The van der Waals surface area contributed by atoms with Gasteiger partial charge in [-0.1, -0.05) is 0 Å². The molecule has 5 heteroatoms. The average Bonchev–Trinajstić information content (AvgIpc) is 2.41. The van der Waals surface area contributed by atoms with E-state index in [1.165, 1.54) is 6.07 Å². The number of aromatic hydroxyl groups is 1. The first-order valence-electron chi connectivity index (χ1n) is 6.45. The lowest BCUT2D eigenvalue weighted by Gasteiger charge is -2.34. The maximum atomic E-state index is 12.3. The van der Waals surface area contributed by atoms with Crippen molar-refractivity contribution in [1.82, 2.24) is 4.90 Å². The van der Waals surface area contributed by atoms with Crippen LogP contribution in [0.4, 0.5) is 0 Å². The fourth-order valence-electron chi connectivity index (χ4n) is 2.42. The number of hydrogen-bond donors (Lipinski definition) is 2. The molecule has 1 aromatic rings. The summed E-state index contributed by atoms with van der Waals surface area (Å²) in [6.45, 7) is 3.05. The summed E-state index contributed by atoms with van der Waals surface area (Å²) in [4.78, 5) is 14.1. The van der Waals surface area contributed by atoms with Crippen LogP contribution in [0.15, 0.2) is 22.7 Å². The van der Waals surface area contributed by atoms with Gasteiger partial charge in [-0.05, 0) is 53.9 Å². The Bertz CT molecular complexity index is 476. The molecule has 19 heavy (non-hydrogen) atoms. The second-order valence-corrected chi connectivity index (χ2v) is 5.91. The highest BCUT2D eigenvalue weighted by Crippen LogP contribution is 2.26. The van der Waals surface area contributed by atoms with Gasteiger partial charge in [0.15, 0.2) is 0 Å². The summed E-state index contributed by atoms with van der Waals surface area (Å²) < 4.78 is 0.574. The minimum Gasteiger partial charge on any atom is -0.507 e. The smallest absolute Gasteiger partial charge is 0.253 e. The van der Waals surface area contributed by atoms with E-state index in [1.54, 1.807) is 24.0 Å². The lowest BCUT2D eigenvalue weighted by atomic mass is 9.93. The van der Waals surface area contributed by atoms with Gasteiger partial charge in [-0.15, -0.1) is 0 Å². The maximum Gasteiger partial charge on any atom is 0.253 e. The molecule has 1 fully saturated rings. The van der Waals surface area contributed by atoms with Crippen LogP contribution in [0.1, 0.15) is 30.1 Å². The number of phenolic OH excluding ortho intramolecular Hbond substituents is 1. The van der Waals surface area contributed by atoms with Gasteiger partial charge in [-0.2, -0.15) is 0 Å². The number of likely N-dealkylation sites (tertiary alicyclic amines) is 1. The number of carbonyl (C=O) groups excluding carboxylic acids is 1. The highest BCUT2D eigenvalue weighted by Gasteiger charge is 2.27. The van der Waals surface area contributed by atoms with E-state index in [2.05, 4.69) is 15.9 Å². The minimum absolute atomic E-state index is 0.0648. The highest BCUT2D eigenvalue weighted by atomic mass is 79.9. The van der Waals surface area contributed by atoms with Gasteiger partial charge in [0, 0.05) is 24.6 Å². The number of aliphatic hydroxyl groups excluding tert-OH is 1. The van der Waals surface area contributed by atoms with Gasteiger partial charge >= 0.3 is 0 Å². The van der Waals surface area contributed by atoms with Crippen LogP contribution in [0.5, 0.6) is 5.75 Å². The molecule has 1 aromatic carbocycles. The lowest BCUT2D eigenvalue weighted by Crippen LogP contribution is -2.42. The third-order valence-electron chi connectivity index (χ3n) is 3.62. The first-order valence-corrected chi connectivity index (χ1v) is 7.24. The minimum atomic E-state index is -0.395. The third kappa shape index (κ3) is 3.28. The molecule has 1 aliphatic rings. The molecule has 0 saturated carbocycles. The Morgan fingerprint density at radius 1 is 1.53 bits per heavy atom. The van der Waals surface area contributed by atoms with E-state index in [0.717, 1.165) is 12.8 Å². The van der Waals surface area contributed by atoms with Gasteiger partial charge in [-0.25, -0.2) is 0 Å². The molecule has 0 aliphatic carbocycles. The van der Waals surface area contributed by atoms with Crippen LogP contribution in [0, 0.1) is 5.92 Å². The molecular weight excluding hydrogens is 310 g/mol. The number of aliphatic hydroxyl groups is 1. The van der Waals surface area contributed by atoms with Crippen molar-refractivity contribution in [1.29, 1.82) is 0 Å². The summed E-state index contributed by atoms with van der Waals surface area (Å²) in [6, 6.07) is 4.83.